The average molecular weight is 386 g/mol. The topological polar surface area (TPSA) is 95.5 Å². The van der Waals surface area contributed by atoms with Crippen molar-refractivity contribution in [3.05, 3.63) is 102 Å². The Balaban J connectivity index is 1.69. The van der Waals surface area contributed by atoms with Crippen LogP contribution in [0.3, 0.4) is 0 Å². The van der Waals surface area contributed by atoms with Crippen LogP contribution in [0.2, 0.25) is 0 Å². The number of benzene rings is 3. The van der Waals surface area contributed by atoms with Crippen LogP contribution < -0.4 is 10.6 Å². The van der Waals surface area contributed by atoms with E-state index < -0.39 is 11.9 Å². The summed E-state index contributed by atoms with van der Waals surface area (Å²) in [5.41, 5.74) is 1.83. The smallest absolute Gasteiger partial charge is 0.337 e. The molecule has 0 heterocycles. The fourth-order valence-corrected chi connectivity index (χ4v) is 2.63. The SMILES string of the molecule is O=C(/C=C/c1ccccc1)Nc1cccc(C(=O)Nc2ccccc2C(=O)O)c1. The Hall–Kier alpha value is -4.19. The van der Waals surface area contributed by atoms with Gasteiger partial charge in [0.05, 0.1) is 11.3 Å². The molecule has 0 aromatic heterocycles. The summed E-state index contributed by atoms with van der Waals surface area (Å²) in [5, 5.41) is 14.5. The van der Waals surface area contributed by atoms with Gasteiger partial charge >= 0.3 is 5.97 Å². The monoisotopic (exact) mass is 386 g/mol. The van der Waals surface area contributed by atoms with Gasteiger partial charge in [0, 0.05) is 17.3 Å². The highest BCUT2D eigenvalue weighted by atomic mass is 16.4. The molecule has 0 aliphatic rings. The molecule has 0 atom stereocenters. The number of anilines is 2. The molecule has 6 nitrogen and oxygen atoms in total. The molecule has 3 rings (SSSR count). The normalized spacial score (nSPS) is 10.5. The van der Waals surface area contributed by atoms with E-state index in [1.54, 1.807) is 36.4 Å². The first kappa shape index (κ1) is 19.6. The molecule has 3 aromatic rings. The second kappa shape index (κ2) is 9.14. The van der Waals surface area contributed by atoms with Crippen LogP contribution in [-0.4, -0.2) is 22.9 Å². The van der Waals surface area contributed by atoms with E-state index in [0.717, 1.165) is 5.56 Å². The predicted octanol–water partition coefficient (Wildman–Crippen LogP) is 4.29. The molecule has 6 heteroatoms. The zero-order valence-corrected chi connectivity index (χ0v) is 15.3. The van der Waals surface area contributed by atoms with Crippen LogP contribution in [0, 0.1) is 0 Å². The predicted molar refractivity (Wildman–Crippen MR) is 112 cm³/mol. The van der Waals surface area contributed by atoms with E-state index in [-0.39, 0.29) is 22.7 Å². The highest BCUT2D eigenvalue weighted by molar-refractivity contribution is 6.09. The Kier molecular flexibility index (Phi) is 6.17. The fourth-order valence-electron chi connectivity index (χ4n) is 2.63. The number of para-hydroxylation sites is 1. The molecule has 0 saturated heterocycles. The van der Waals surface area contributed by atoms with Crippen LogP contribution in [0.4, 0.5) is 11.4 Å². The first-order valence-corrected chi connectivity index (χ1v) is 8.81. The minimum atomic E-state index is -1.13. The lowest BCUT2D eigenvalue weighted by molar-refractivity contribution is -0.111. The third-order valence-electron chi connectivity index (χ3n) is 4.02. The molecule has 0 radical (unpaired) electrons. The quantitative estimate of drug-likeness (QED) is 0.551. The van der Waals surface area contributed by atoms with E-state index in [4.69, 9.17) is 0 Å². The van der Waals surface area contributed by atoms with Gasteiger partial charge in [-0.2, -0.15) is 0 Å². The summed E-state index contributed by atoms with van der Waals surface area (Å²) < 4.78 is 0. The molecule has 0 bridgehead atoms. The van der Waals surface area contributed by atoms with Gasteiger partial charge in [0.1, 0.15) is 0 Å². The van der Waals surface area contributed by atoms with Crippen molar-refractivity contribution in [3.63, 3.8) is 0 Å². The van der Waals surface area contributed by atoms with Crippen molar-refractivity contribution in [3.8, 4) is 0 Å². The number of hydrogen-bond donors (Lipinski definition) is 3. The van der Waals surface area contributed by atoms with Crippen LogP contribution >= 0.6 is 0 Å². The highest BCUT2D eigenvalue weighted by Crippen LogP contribution is 2.18. The van der Waals surface area contributed by atoms with E-state index >= 15 is 0 Å². The maximum atomic E-state index is 12.5. The minimum absolute atomic E-state index is 0.00337. The van der Waals surface area contributed by atoms with Crippen molar-refractivity contribution in [1.29, 1.82) is 0 Å². The van der Waals surface area contributed by atoms with Gasteiger partial charge in [0.15, 0.2) is 0 Å². The van der Waals surface area contributed by atoms with Crippen molar-refractivity contribution >= 4 is 35.2 Å². The Morgan fingerprint density at radius 2 is 1.52 bits per heavy atom. The van der Waals surface area contributed by atoms with Gasteiger partial charge in [-0.1, -0.05) is 48.5 Å². The lowest BCUT2D eigenvalue weighted by Crippen LogP contribution is -2.15. The molecule has 0 aliphatic heterocycles. The summed E-state index contributed by atoms with van der Waals surface area (Å²) in [7, 11) is 0. The van der Waals surface area contributed by atoms with Crippen LogP contribution in [0.25, 0.3) is 6.08 Å². The van der Waals surface area contributed by atoms with Crippen LogP contribution in [0.15, 0.2) is 84.9 Å². The van der Waals surface area contributed by atoms with Gasteiger partial charge in [-0.25, -0.2) is 4.79 Å². The summed E-state index contributed by atoms with van der Waals surface area (Å²) in [6.45, 7) is 0. The van der Waals surface area contributed by atoms with Gasteiger partial charge in [0.25, 0.3) is 5.91 Å². The van der Waals surface area contributed by atoms with Crippen molar-refractivity contribution in [2.24, 2.45) is 0 Å². The second-order valence-corrected chi connectivity index (χ2v) is 6.12. The molecule has 144 valence electrons. The number of nitrogens with one attached hydrogen (secondary N) is 2. The number of hydrogen-bond acceptors (Lipinski definition) is 3. The Morgan fingerprint density at radius 3 is 2.28 bits per heavy atom. The fraction of sp³-hybridized carbons (Fsp3) is 0. The number of carbonyl (C=O) groups is 3. The molecule has 29 heavy (non-hydrogen) atoms. The molecular formula is C23H18N2O4. The van der Waals surface area contributed by atoms with E-state index in [1.807, 2.05) is 30.3 Å². The number of aromatic carboxylic acids is 1. The largest absolute Gasteiger partial charge is 0.478 e. The Labute approximate surface area is 167 Å². The molecule has 0 aliphatic carbocycles. The standard InChI is InChI=1S/C23H18N2O4/c26-21(14-13-16-7-2-1-3-8-16)24-18-10-6-9-17(15-18)22(27)25-20-12-5-4-11-19(20)23(28)29/h1-15H,(H,24,26)(H,25,27)(H,28,29)/b14-13+. The Bertz CT molecular complexity index is 1080. The zero-order valence-electron chi connectivity index (χ0n) is 15.3. The van der Waals surface area contributed by atoms with Gasteiger partial charge in [0.2, 0.25) is 5.91 Å². The van der Waals surface area contributed by atoms with Gasteiger partial charge in [-0.05, 0) is 42.0 Å². The first-order chi connectivity index (χ1) is 14.0. The van der Waals surface area contributed by atoms with E-state index in [0.29, 0.717) is 5.69 Å². The zero-order chi connectivity index (χ0) is 20.6. The van der Waals surface area contributed by atoms with E-state index in [9.17, 15) is 19.5 Å². The second-order valence-electron chi connectivity index (χ2n) is 6.12. The summed E-state index contributed by atoms with van der Waals surface area (Å²) in [4.78, 5) is 35.9. The van der Waals surface area contributed by atoms with Crippen molar-refractivity contribution in [1.82, 2.24) is 0 Å². The maximum absolute atomic E-state index is 12.5. The highest BCUT2D eigenvalue weighted by Gasteiger charge is 2.13. The van der Waals surface area contributed by atoms with Gasteiger partial charge in [-0.3, -0.25) is 9.59 Å². The van der Waals surface area contributed by atoms with Crippen molar-refractivity contribution in [2.75, 3.05) is 10.6 Å². The summed E-state index contributed by atoms with van der Waals surface area (Å²) in [5.74, 6) is -1.94. The molecule has 0 saturated carbocycles. The number of carboxylic acid groups (broad SMARTS) is 1. The van der Waals surface area contributed by atoms with Gasteiger partial charge < -0.3 is 15.7 Å². The third-order valence-corrected chi connectivity index (χ3v) is 4.02. The molecule has 0 fully saturated rings. The molecule has 0 unspecified atom stereocenters. The summed E-state index contributed by atoms with van der Waals surface area (Å²) in [6.07, 6.45) is 3.10. The first-order valence-electron chi connectivity index (χ1n) is 8.81. The van der Waals surface area contributed by atoms with Gasteiger partial charge in [-0.15, -0.1) is 0 Å². The van der Waals surface area contributed by atoms with Crippen LogP contribution in [-0.2, 0) is 4.79 Å². The van der Waals surface area contributed by atoms with Crippen LogP contribution in [0.5, 0.6) is 0 Å². The number of rotatable bonds is 6. The maximum Gasteiger partial charge on any atom is 0.337 e. The summed E-state index contributed by atoms with van der Waals surface area (Å²) in [6, 6.07) is 21.9. The number of carbonyl (C=O) groups excluding carboxylic acids is 2. The number of amides is 2. The molecule has 2 amide bonds. The van der Waals surface area contributed by atoms with Crippen molar-refractivity contribution < 1.29 is 19.5 Å². The van der Waals surface area contributed by atoms with Crippen molar-refractivity contribution in [2.45, 2.75) is 0 Å². The molecule has 3 N–H and O–H groups in total. The average Bonchev–Trinajstić information content (AvgIpc) is 2.73. The molecular weight excluding hydrogens is 368 g/mol. The van der Waals surface area contributed by atoms with E-state index in [1.165, 1.54) is 24.3 Å². The lowest BCUT2D eigenvalue weighted by Gasteiger charge is -2.09. The summed E-state index contributed by atoms with van der Waals surface area (Å²) >= 11 is 0. The minimum Gasteiger partial charge on any atom is -0.478 e. The number of carboxylic acids is 1. The van der Waals surface area contributed by atoms with E-state index in [2.05, 4.69) is 10.6 Å². The molecule has 0 spiro atoms. The van der Waals surface area contributed by atoms with Crippen LogP contribution in [0.1, 0.15) is 26.3 Å². The third kappa shape index (κ3) is 5.40. The lowest BCUT2D eigenvalue weighted by atomic mass is 10.1. The Morgan fingerprint density at radius 1 is 0.793 bits per heavy atom. The molecule has 3 aromatic carbocycles.